The first-order chi connectivity index (χ1) is 9.70. The molecule has 1 aromatic heterocycles. The lowest BCUT2D eigenvalue weighted by molar-refractivity contribution is 0.0702. The largest absolute Gasteiger partial charge is 0.477 e. The van der Waals surface area contributed by atoms with Crippen molar-refractivity contribution in [2.45, 2.75) is 18.7 Å². The van der Waals surface area contributed by atoms with Gasteiger partial charge < -0.3 is 5.11 Å². The van der Waals surface area contributed by atoms with Crippen molar-refractivity contribution in [3.63, 3.8) is 0 Å². The Balaban J connectivity index is 2.38. The van der Waals surface area contributed by atoms with Gasteiger partial charge in [0.2, 0.25) is 0 Å². The van der Waals surface area contributed by atoms with Crippen LogP contribution in [0.3, 0.4) is 0 Å². The van der Waals surface area contributed by atoms with E-state index in [1.165, 1.54) is 6.07 Å². The minimum atomic E-state index is -3.80. The molecule has 0 saturated heterocycles. The Hall–Kier alpha value is -1.38. The van der Waals surface area contributed by atoms with Gasteiger partial charge in [-0.2, -0.15) is 0 Å². The number of thiophene rings is 1. The minimum Gasteiger partial charge on any atom is -0.477 e. The number of benzene rings is 1. The summed E-state index contributed by atoms with van der Waals surface area (Å²) in [5.74, 6) is -1.14. The number of hydrogen-bond acceptors (Lipinski definition) is 4. The van der Waals surface area contributed by atoms with Gasteiger partial charge in [0.1, 0.15) is 9.77 Å². The molecule has 2 N–H and O–H groups in total. The van der Waals surface area contributed by atoms with Crippen LogP contribution in [0.25, 0.3) is 0 Å². The summed E-state index contributed by atoms with van der Waals surface area (Å²) in [7, 11) is -3.80. The van der Waals surface area contributed by atoms with Crippen LogP contribution >= 0.6 is 27.3 Å². The maximum Gasteiger partial charge on any atom is 0.345 e. The van der Waals surface area contributed by atoms with Crippen molar-refractivity contribution >= 4 is 48.9 Å². The Morgan fingerprint density at radius 2 is 1.95 bits per heavy atom. The summed E-state index contributed by atoms with van der Waals surface area (Å²) in [6, 6.07) is 6.25. The Morgan fingerprint density at radius 3 is 2.48 bits per heavy atom. The number of aryl methyl sites for hydroxylation is 2. The second-order valence-electron chi connectivity index (χ2n) is 4.41. The molecule has 112 valence electrons. The smallest absolute Gasteiger partial charge is 0.345 e. The molecule has 0 atom stereocenters. The van der Waals surface area contributed by atoms with Gasteiger partial charge in [0.25, 0.3) is 10.0 Å². The molecule has 0 bridgehead atoms. The van der Waals surface area contributed by atoms with E-state index in [1.807, 2.05) is 6.92 Å². The molecule has 8 heteroatoms. The van der Waals surface area contributed by atoms with Crippen LogP contribution in [0.4, 0.5) is 5.69 Å². The maximum atomic E-state index is 12.3. The third kappa shape index (κ3) is 3.45. The summed E-state index contributed by atoms with van der Waals surface area (Å²) in [4.78, 5) is 11.4. The number of hydrogen-bond donors (Lipinski definition) is 2. The van der Waals surface area contributed by atoms with Crippen molar-refractivity contribution in [3.8, 4) is 0 Å². The molecule has 0 aliphatic heterocycles. The van der Waals surface area contributed by atoms with Crippen LogP contribution in [-0.4, -0.2) is 19.5 Å². The number of sulfonamides is 1. The third-order valence-corrected chi connectivity index (χ3v) is 6.35. The highest BCUT2D eigenvalue weighted by atomic mass is 79.9. The molecular formula is C13H12BrNO4S2. The highest BCUT2D eigenvalue weighted by Gasteiger charge is 2.22. The van der Waals surface area contributed by atoms with E-state index in [-0.39, 0.29) is 9.77 Å². The predicted molar refractivity (Wildman–Crippen MR) is 85.7 cm³/mol. The zero-order chi connectivity index (χ0) is 15.8. The number of carboxylic acid groups (broad SMARTS) is 1. The van der Waals surface area contributed by atoms with Gasteiger partial charge in [-0.05, 0) is 43.7 Å². The number of carbonyl (C=O) groups is 1. The number of anilines is 1. The predicted octanol–water partition coefficient (Wildman–Crippen LogP) is 3.63. The van der Waals surface area contributed by atoms with Crippen molar-refractivity contribution < 1.29 is 18.3 Å². The second-order valence-corrected chi connectivity index (χ2v) is 8.17. The van der Waals surface area contributed by atoms with Gasteiger partial charge >= 0.3 is 5.97 Å². The Bertz CT molecular complexity index is 812. The fraction of sp³-hybridized carbons (Fsp3) is 0.154. The van der Waals surface area contributed by atoms with Crippen LogP contribution in [-0.2, 0) is 10.0 Å². The van der Waals surface area contributed by atoms with Crippen LogP contribution < -0.4 is 4.72 Å². The summed E-state index contributed by atoms with van der Waals surface area (Å²) < 4.78 is 28.0. The summed E-state index contributed by atoms with van der Waals surface area (Å²) in [6.45, 7) is 3.43. The standard InChI is InChI=1S/C13H12BrNO4S2/c1-7-5-9(3-4-10(7)14)15-21(18,19)12-6-11(13(16)17)20-8(12)2/h3-6,15H,1-2H3,(H,16,17). The maximum absolute atomic E-state index is 12.3. The first kappa shape index (κ1) is 16.0. The molecule has 0 aliphatic rings. The molecule has 0 saturated carbocycles. The van der Waals surface area contributed by atoms with E-state index < -0.39 is 16.0 Å². The minimum absolute atomic E-state index is 0.000128. The molecule has 0 spiro atoms. The summed E-state index contributed by atoms with van der Waals surface area (Å²) in [5, 5.41) is 8.93. The molecule has 21 heavy (non-hydrogen) atoms. The zero-order valence-corrected chi connectivity index (χ0v) is 14.4. The first-order valence-corrected chi connectivity index (χ1v) is 8.92. The van der Waals surface area contributed by atoms with Crippen molar-refractivity contribution in [1.29, 1.82) is 0 Å². The number of aromatic carboxylic acids is 1. The van der Waals surface area contributed by atoms with Gasteiger partial charge in [-0.15, -0.1) is 11.3 Å². The van der Waals surface area contributed by atoms with Gasteiger partial charge in [0.15, 0.2) is 0 Å². The van der Waals surface area contributed by atoms with E-state index in [1.54, 1.807) is 25.1 Å². The number of nitrogens with one attached hydrogen (secondary N) is 1. The highest BCUT2D eigenvalue weighted by molar-refractivity contribution is 9.10. The van der Waals surface area contributed by atoms with Crippen molar-refractivity contribution in [2.75, 3.05) is 4.72 Å². The third-order valence-electron chi connectivity index (χ3n) is 2.78. The Labute approximate surface area is 134 Å². The van der Waals surface area contributed by atoms with E-state index in [4.69, 9.17) is 5.11 Å². The lowest BCUT2D eigenvalue weighted by Gasteiger charge is -2.09. The van der Waals surface area contributed by atoms with Gasteiger partial charge in [-0.25, -0.2) is 13.2 Å². The van der Waals surface area contributed by atoms with E-state index in [2.05, 4.69) is 20.7 Å². The van der Waals surface area contributed by atoms with Crippen molar-refractivity contribution in [1.82, 2.24) is 0 Å². The Morgan fingerprint density at radius 1 is 1.29 bits per heavy atom. The fourth-order valence-corrected chi connectivity index (χ4v) is 4.48. The molecular weight excluding hydrogens is 378 g/mol. The molecule has 0 radical (unpaired) electrons. The highest BCUT2D eigenvalue weighted by Crippen LogP contribution is 2.28. The van der Waals surface area contributed by atoms with Gasteiger partial charge in [0.05, 0.1) is 0 Å². The van der Waals surface area contributed by atoms with Gasteiger partial charge in [-0.1, -0.05) is 15.9 Å². The fourth-order valence-electron chi connectivity index (χ4n) is 1.76. The molecule has 2 rings (SSSR count). The lowest BCUT2D eigenvalue weighted by atomic mass is 10.2. The molecule has 0 unspecified atom stereocenters. The molecule has 2 aromatic rings. The molecule has 5 nitrogen and oxygen atoms in total. The zero-order valence-electron chi connectivity index (χ0n) is 11.2. The Kier molecular flexibility index (Phi) is 4.40. The van der Waals surface area contributed by atoms with Crippen LogP contribution in [0, 0.1) is 13.8 Å². The molecule has 0 fully saturated rings. The van der Waals surface area contributed by atoms with E-state index in [0.717, 1.165) is 21.4 Å². The van der Waals surface area contributed by atoms with Crippen LogP contribution in [0.15, 0.2) is 33.6 Å². The molecule has 0 amide bonds. The topological polar surface area (TPSA) is 83.5 Å². The SMILES string of the molecule is Cc1cc(NS(=O)(=O)c2cc(C(=O)O)sc2C)ccc1Br. The average Bonchev–Trinajstić information content (AvgIpc) is 2.77. The summed E-state index contributed by atoms with van der Waals surface area (Å²) >= 11 is 4.28. The van der Waals surface area contributed by atoms with E-state index in [0.29, 0.717) is 10.6 Å². The number of carboxylic acids is 1. The summed E-state index contributed by atoms with van der Waals surface area (Å²) in [5.41, 5.74) is 1.32. The van der Waals surface area contributed by atoms with Crippen LogP contribution in [0.5, 0.6) is 0 Å². The first-order valence-electron chi connectivity index (χ1n) is 5.83. The normalized spacial score (nSPS) is 11.4. The summed E-state index contributed by atoms with van der Waals surface area (Å²) in [6.07, 6.45) is 0. The van der Waals surface area contributed by atoms with Gasteiger partial charge in [0, 0.05) is 15.0 Å². The molecule has 1 heterocycles. The lowest BCUT2D eigenvalue weighted by Crippen LogP contribution is -2.13. The van der Waals surface area contributed by atoms with E-state index in [9.17, 15) is 13.2 Å². The van der Waals surface area contributed by atoms with Crippen molar-refractivity contribution in [3.05, 3.63) is 44.1 Å². The van der Waals surface area contributed by atoms with E-state index >= 15 is 0 Å². The van der Waals surface area contributed by atoms with Crippen molar-refractivity contribution in [2.24, 2.45) is 0 Å². The quantitative estimate of drug-likeness (QED) is 0.835. The monoisotopic (exact) mass is 389 g/mol. The average molecular weight is 390 g/mol. The molecule has 1 aromatic carbocycles. The van der Waals surface area contributed by atoms with Gasteiger partial charge in [-0.3, -0.25) is 4.72 Å². The van der Waals surface area contributed by atoms with Crippen LogP contribution in [0.2, 0.25) is 0 Å². The number of rotatable bonds is 4. The number of halogens is 1. The molecule has 0 aliphatic carbocycles. The second kappa shape index (κ2) is 5.78. The van der Waals surface area contributed by atoms with Crippen LogP contribution in [0.1, 0.15) is 20.1 Å².